The summed E-state index contributed by atoms with van der Waals surface area (Å²) in [6, 6.07) is 9.88. The Balaban J connectivity index is 0.00000112. The van der Waals surface area contributed by atoms with Crippen LogP contribution in [0.5, 0.6) is 0 Å². The van der Waals surface area contributed by atoms with Crippen LogP contribution >= 0.6 is 0 Å². The largest absolute Gasteiger partial charge is 0.628 e. The maximum atomic E-state index is 12.0. The molecule has 0 fully saturated rings. The highest BCUT2D eigenvalue weighted by molar-refractivity contribution is 5.59. The molecule has 82 valence electrons. The molecule has 1 atom stereocenters. The van der Waals surface area contributed by atoms with Crippen LogP contribution in [0.2, 0.25) is 0 Å². The van der Waals surface area contributed by atoms with E-state index in [9.17, 15) is 5.21 Å². The fourth-order valence-electron chi connectivity index (χ4n) is 1.77. The van der Waals surface area contributed by atoms with E-state index in [4.69, 9.17) is 0 Å². The minimum atomic E-state index is -0.203. The van der Waals surface area contributed by atoms with Crippen molar-refractivity contribution in [3.8, 4) is 0 Å². The number of benzene rings is 1. The van der Waals surface area contributed by atoms with Gasteiger partial charge in [0.25, 0.3) is 0 Å². The average molecular weight is 207 g/mol. The second-order valence-corrected chi connectivity index (χ2v) is 4.40. The number of rotatable bonds is 1. The Morgan fingerprint density at radius 1 is 1.20 bits per heavy atom. The van der Waals surface area contributed by atoms with Crippen LogP contribution in [0, 0.1) is 5.21 Å². The number of quaternary nitrogens is 1. The SMILES string of the molecule is CC1(C)CC=C(c2ccccc2)[NH+]1[O-].O. The van der Waals surface area contributed by atoms with Crippen LogP contribution in [0.4, 0.5) is 0 Å². The molecule has 3 heteroatoms. The van der Waals surface area contributed by atoms with Crippen molar-refractivity contribution < 1.29 is 10.5 Å². The van der Waals surface area contributed by atoms with Crippen molar-refractivity contribution in [1.82, 2.24) is 0 Å². The third-order valence-electron chi connectivity index (χ3n) is 2.76. The first-order valence-electron chi connectivity index (χ1n) is 4.92. The summed E-state index contributed by atoms with van der Waals surface area (Å²) < 4.78 is 0. The van der Waals surface area contributed by atoms with Crippen LogP contribution in [0.15, 0.2) is 36.4 Å². The summed E-state index contributed by atoms with van der Waals surface area (Å²) in [5, 5.41) is 12.2. The van der Waals surface area contributed by atoms with Gasteiger partial charge in [-0.25, -0.2) is 0 Å². The van der Waals surface area contributed by atoms with Gasteiger partial charge < -0.3 is 15.7 Å². The monoisotopic (exact) mass is 207 g/mol. The van der Waals surface area contributed by atoms with E-state index in [0.29, 0.717) is 0 Å². The molecular formula is C12H17NO2. The second kappa shape index (κ2) is 4.14. The number of hydrogen-bond acceptors (Lipinski definition) is 1. The highest BCUT2D eigenvalue weighted by Gasteiger charge is 2.33. The van der Waals surface area contributed by atoms with Gasteiger partial charge in [-0.2, -0.15) is 0 Å². The summed E-state index contributed by atoms with van der Waals surface area (Å²) in [5.74, 6) is 0. The molecular weight excluding hydrogens is 190 g/mol. The molecule has 0 amide bonds. The molecule has 0 saturated carbocycles. The Bertz CT molecular complexity index is 357. The van der Waals surface area contributed by atoms with Crippen molar-refractivity contribution in [3.63, 3.8) is 0 Å². The van der Waals surface area contributed by atoms with E-state index in [1.165, 1.54) is 0 Å². The summed E-state index contributed by atoms with van der Waals surface area (Å²) in [5.41, 5.74) is 1.73. The van der Waals surface area contributed by atoms with E-state index in [0.717, 1.165) is 17.7 Å². The highest BCUT2D eigenvalue weighted by atomic mass is 16.5. The Hall–Kier alpha value is -1.16. The molecule has 1 unspecified atom stereocenters. The maximum Gasteiger partial charge on any atom is 0.135 e. The normalized spacial score (nSPS) is 23.1. The van der Waals surface area contributed by atoms with Gasteiger partial charge in [0.2, 0.25) is 0 Å². The van der Waals surface area contributed by atoms with Gasteiger partial charge in [0.1, 0.15) is 11.2 Å². The Morgan fingerprint density at radius 2 is 1.80 bits per heavy atom. The van der Waals surface area contributed by atoms with Crippen LogP contribution < -0.4 is 5.06 Å². The van der Waals surface area contributed by atoms with Gasteiger partial charge in [-0.05, 0) is 32.1 Å². The van der Waals surface area contributed by atoms with Crippen LogP contribution in [0.25, 0.3) is 5.70 Å². The minimum Gasteiger partial charge on any atom is -0.628 e. The molecule has 2 rings (SSSR count). The zero-order valence-corrected chi connectivity index (χ0v) is 9.08. The third-order valence-corrected chi connectivity index (χ3v) is 2.76. The van der Waals surface area contributed by atoms with Gasteiger partial charge in [-0.1, -0.05) is 18.2 Å². The zero-order valence-electron chi connectivity index (χ0n) is 9.08. The van der Waals surface area contributed by atoms with E-state index >= 15 is 0 Å². The number of hydrogen-bond donors (Lipinski definition) is 1. The van der Waals surface area contributed by atoms with Crippen LogP contribution in [-0.4, -0.2) is 11.0 Å². The number of nitrogens with one attached hydrogen (secondary N) is 1. The van der Waals surface area contributed by atoms with E-state index in [-0.39, 0.29) is 16.1 Å². The van der Waals surface area contributed by atoms with Crippen LogP contribution in [0.3, 0.4) is 0 Å². The Morgan fingerprint density at radius 3 is 2.27 bits per heavy atom. The van der Waals surface area contributed by atoms with Crippen molar-refractivity contribution >= 4 is 5.70 Å². The standard InChI is InChI=1S/C12H15NO.H2O/c1-12(2)9-8-11(13(12)14)10-6-4-3-5-7-10;/h3-8,13H,9H2,1-2H3;1H2. The first kappa shape index (κ1) is 11.9. The summed E-state index contributed by atoms with van der Waals surface area (Å²) in [7, 11) is 0. The van der Waals surface area contributed by atoms with Gasteiger partial charge in [0.05, 0.1) is 0 Å². The molecule has 0 bridgehead atoms. The van der Waals surface area contributed by atoms with Crippen molar-refractivity contribution in [1.29, 1.82) is 0 Å². The molecule has 1 aliphatic rings. The maximum absolute atomic E-state index is 12.0. The lowest BCUT2D eigenvalue weighted by molar-refractivity contribution is -0.821. The molecule has 1 aromatic carbocycles. The summed E-state index contributed by atoms with van der Waals surface area (Å²) in [6.07, 6.45) is 2.91. The van der Waals surface area contributed by atoms with E-state index in [1.807, 2.05) is 44.2 Å². The lowest BCUT2D eigenvalue weighted by Crippen LogP contribution is -3.11. The fourth-order valence-corrected chi connectivity index (χ4v) is 1.77. The first-order valence-corrected chi connectivity index (χ1v) is 4.92. The highest BCUT2D eigenvalue weighted by Crippen LogP contribution is 2.20. The summed E-state index contributed by atoms with van der Waals surface area (Å²) in [4.78, 5) is 0. The van der Waals surface area contributed by atoms with Gasteiger partial charge >= 0.3 is 0 Å². The molecule has 3 nitrogen and oxygen atoms in total. The van der Waals surface area contributed by atoms with Crippen LogP contribution in [-0.2, 0) is 0 Å². The van der Waals surface area contributed by atoms with Crippen molar-refractivity contribution in [2.75, 3.05) is 0 Å². The van der Waals surface area contributed by atoms with Crippen molar-refractivity contribution in [3.05, 3.63) is 47.2 Å². The van der Waals surface area contributed by atoms with Gasteiger partial charge in [-0.15, -0.1) is 0 Å². The topological polar surface area (TPSA) is 59.0 Å². The van der Waals surface area contributed by atoms with Gasteiger partial charge in [0, 0.05) is 12.0 Å². The summed E-state index contributed by atoms with van der Waals surface area (Å²) >= 11 is 0. The van der Waals surface area contributed by atoms with E-state index < -0.39 is 0 Å². The third kappa shape index (κ3) is 2.09. The predicted molar refractivity (Wildman–Crippen MR) is 61.1 cm³/mol. The molecule has 1 aromatic rings. The lowest BCUT2D eigenvalue weighted by atomic mass is 10.0. The molecule has 1 aliphatic heterocycles. The molecule has 0 aromatic heterocycles. The van der Waals surface area contributed by atoms with E-state index in [2.05, 4.69) is 6.08 Å². The van der Waals surface area contributed by atoms with Crippen molar-refractivity contribution in [2.45, 2.75) is 25.8 Å². The molecule has 0 spiro atoms. The smallest absolute Gasteiger partial charge is 0.135 e. The zero-order chi connectivity index (χ0) is 10.2. The molecule has 0 aliphatic carbocycles. The van der Waals surface area contributed by atoms with E-state index in [1.54, 1.807) is 0 Å². The van der Waals surface area contributed by atoms with Gasteiger partial charge in [-0.3, -0.25) is 0 Å². The minimum absolute atomic E-state index is 0. The quantitative estimate of drug-likeness (QED) is 0.679. The number of hydroxylamine groups is 2. The average Bonchev–Trinajstić information content (AvgIpc) is 2.44. The molecule has 3 N–H and O–H groups in total. The van der Waals surface area contributed by atoms with Crippen LogP contribution in [0.1, 0.15) is 25.8 Å². The molecule has 0 radical (unpaired) electrons. The second-order valence-electron chi connectivity index (χ2n) is 4.40. The lowest BCUT2D eigenvalue weighted by Gasteiger charge is -2.33. The van der Waals surface area contributed by atoms with Gasteiger partial charge in [0.15, 0.2) is 0 Å². The molecule has 0 saturated heterocycles. The first-order chi connectivity index (χ1) is 6.61. The Kier molecular flexibility index (Phi) is 3.29. The fraction of sp³-hybridized carbons (Fsp3) is 0.333. The predicted octanol–water partition coefficient (Wildman–Crippen LogP) is 0.768. The molecule has 15 heavy (non-hydrogen) atoms. The molecule has 1 heterocycles. The van der Waals surface area contributed by atoms with Crippen molar-refractivity contribution in [2.24, 2.45) is 0 Å². The Labute approximate surface area is 89.9 Å². The summed E-state index contributed by atoms with van der Waals surface area (Å²) in [6.45, 7) is 4.00.